The van der Waals surface area contributed by atoms with Crippen LogP contribution in [0.2, 0.25) is 0 Å². The van der Waals surface area contributed by atoms with Gasteiger partial charge in [0.2, 0.25) is 0 Å². The number of aromatic nitrogens is 2. The number of aliphatic hydroxyl groups is 1. The van der Waals surface area contributed by atoms with Gasteiger partial charge in [0, 0.05) is 4.47 Å². The minimum absolute atomic E-state index is 0.112. The molecule has 1 aromatic heterocycles. The molecule has 1 heterocycles. The number of hydrogen-bond donors (Lipinski definition) is 2. The van der Waals surface area contributed by atoms with Gasteiger partial charge in [-0.1, -0.05) is 28.8 Å². The van der Waals surface area contributed by atoms with Gasteiger partial charge in [-0.2, -0.15) is 0 Å². The van der Waals surface area contributed by atoms with Crippen molar-refractivity contribution in [2.24, 2.45) is 0 Å². The molecule has 2 unspecified atom stereocenters. The Hall–Kier alpha value is -0.650. The summed E-state index contributed by atoms with van der Waals surface area (Å²) < 4.78 is 3.82. The van der Waals surface area contributed by atoms with Gasteiger partial charge in [-0.3, -0.25) is 0 Å². The zero-order valence-electron chi connectivity index (χ0n) is 9.90. The number of nitrogens with one attached hydrogen (secondary N) is 1. The van der Waals surface area contributed by atoms with Gasteiger partial charge in [0.25, 0.3) is 0 Å². The summed E-state index contributed by atoms with van der Waals surface area (Å²) in [6, 6.07) is 6.20. The Labute approximate surface area is 119 Å². The summed E-state index contributed by atoms with van der Waals surface area (Å²) in [7, 11) is 0. The topological polar surface area (TPSA) is 41.0 Å². The third-order valence-corrected chi connectivity index (χ3v) is 4.50. The Kier molecular flexibility index (Phi) is 3.30. The molecule has 2 atom stereocenters. The second kappa shape index (κ2) is 4.79. The number of hydrogen-bond acceptors (Lipinski definition) is 2. The third kappa shape index (κ3) is 2.04. The summed E-state index contributed by atoms with van der Waals surface area (Å²) in [6.07, 6.45) is 3.85. The average Bonchev–Trinajstić information content (AvgIpc) is 2.65. The van der Waals surface area contributed by atoms with E-state index in [1.807, 2.05) is 18.2 Å². The van der Waals surface area contributed by atoms with Gasteiger partial charge in [-0.05, 0) is 43.3 Å². The van der Waals surface area contributed by atoms with Crippen molar-refractivity contribution in [2.75, 3.05) is 0 Å². The maximum atomic E-state index is 10.2. The predicted octanol–water partition coefficient (Wildman–Crippen LogP) is 3.94. The van der Waals surface area contributed by atoms with Crippen LogP contribution in [-0.2, 0) is 0 Å². The summed E-state index contributed by atoms with van der Waals surface area (Å²) in [5, 5.41) is 10.2. The quantitative estimate of drug-likeness (QED) is 0.779. The van der Waals surface area contributed by atoms with Gasteiger partial charge in [0.15, 0.2) is 4.77 Å². The number of aliphatic hydroxyl groups excluding tert-OH is 1. The second-order valence-corrected chi connectivity index (χ2v) is 6.18. The number of halogens is 1. The summed E-state index contributed by atoms with van der Waals surface area (Å²) >= 11 is 8.87. The first-order valence-corrected chi connectivity index (χ1v) is 7.45. The lowest BCUT2D eigenvalue weighted by Gasteiger charge is -2.29. The molecule has 1 aliphatic rings. The van der Waals surface area contributed by atoms with Crippen molar-refractivity contribution in [1.29, 1.82) is 0 Å². The van der Waals surface area contributed by atoms with E-state index in [1.165, 1.54) is 0 Å². The molecule has 0 spiro atoms. The van der Waals surface area contributed by atoms with E-state index in [1.54, 1.807) is 0 Å². The molecular formula is C13H15BrN2OS. The number of benzene rings is 1. The molecule has 5 heteroatoms. The largest absolute Gasteiger partial charge is 0.391 e. The van der Waals surface area contributed by atoms with E-state index >= 15 is 0 Å². The first-order valence-electron chi connectivity index (χ1n) is 6.24. The van der Waals surface area contributed by atoms with E-state index in [9.17, 15) is 5.11 Å². The number of rotatable bonds is 1. The van der Waals surface area contributed by atoms with Gasteiger partial charge in [0.1, 0.15) is 0 Å². The van der Waals surface area contributed by atoms with Crippen LogP contribution in [0.1, 0.15) is 31.7 Å². The van der Waals surface area contributed by atoms with E-state index in [0.717, 1.165) is 41.2 Å². The predicted molar refractivity (Wildman–Crippen MR) is 78.3 cm³/mol. The number of H-pyrrole nitrogens is 1. The molecule has 3 rings (SSSR count). The van der Waals surface area contributed by atoms with E-state index in [0.29, 0.717) is 4.77 Å². The molecule has 0 saturated heterocycles. The Morgan fingerprint density at radius 3 is 2.89 bits per heavy atom. The standard InChI is InChI=1S/C13H15BrN2OS/c14-8-5-6-10-9(7-8)15-13(18)16(10)11-3-1-2-4-12(11)17/h5-7,11-12,17H,1-4H2,(H,15,18). The Balaban J connectivity index is 2.16. The van der Waals surface area contributed by atoms with Crippen LogP contribution in [0.4, 0.5) is 0 Å². The molecular weight excluding hydrogens is 312 g/mol. The van der Waals surface area contributed by atoms with Crippen molar-refractivity contribution in [3.63, 3.8) is 0 Å². The highest BCUT2D eigenvalue weighted by atomic mass is 79.9. The molecule has 1 aliphatic carbocycles. The summed E-state index contributed by atoms with van der Waals surface area (Å²) in [5.74, 6) is 0. The van der Waals surface area contributed by atoms with Crippen molar-refractivity contribution in [1.82, 2.24) is 9.55 Å². The van der Waals surface area contributed by atoms with Crippen LogP contribution in [0.15, 0.2) is 22.7 Å². The summed E-state index contributed by atoms with van der Waals surface area (Å²) in [6.45, 7) is 0. The number of imidazole rings is 1. The van der Waals surface area contributed by atoms with Crippen LogP contribution in [0.25, 0.3) is 11.0 Å². The van der Waals surface area contributed by atoms with Crippen LogP contribution in [0, 0.1) is 4.77 Å². The van der Waals surface area contributed by atoms with Gasteiger partial charge in [-0.25, -0.2) is 0 Å². The summed E-state index contributed by atoms with van der Waals surface area (Å²) in [5.41, 5.74) is 2.10. The monoisotopic (exact) mass is 326 g/mol. The highest BCUT2D eigenvalue weighted by Crippen LogP contribution is 2.32. The minimum atomic E-state index is -0.284. The Morgan fingerprint density at radius 2 is 2.11 bits per heavy atom. The van der Waals surface area contributed by atoms with Crippen molar-refractivity contribution in [3.8, 4) is 0 Å². The lowest BCUT2D eigenvalue weighted by molar-refractivity contribution is 0.0767. The minimum Gasteiger partial charge on any atom is -0.391 e. The van der Waals surface area contributed by atoms with Crippen molar-refractivity contribution >= 4 is 39.2 Å². The van der Waals surface area contributed by atoms with Crippen LogP contribution in [0.3, 0.4) is 0 Å². The molecule has 1 fully saturated rings. The molecule has 1 saturated carbocycles. The van der Waals surface area contributed by atoms with Crippen LogP contribution >= 0.6 is 28.1 Å². The Morgan fingerprint density at radius 1 is 1.33 bits per heavy atom. The average molecular weight is 327 g/mol. The van der Waals surface area contributed by atoms with E-state index in [4.69, 9.17) is 12.2 Å². The van der Waals surface area contributed by atoms with Gasteiger partial charge in [-0.15, -0.1) is 0 Å². The maximum absolute atomic E-state index is 10.2. The second-order valence-electron chi connectivity index (χ2n) is 4.88. The summed E-state index contributed by atoms with van der Waals surface area (Å²) in [4.78, 5) is 3.22. The first kappa shape index (κ1) is 12.4. The fourth-order valence-corrected chi connectivity index (χ4v) is 3.53. The third-order valence-electron chi connectivity index (χ3n) is 3.70. The fraction of sp³-hybridized carbons (Fsp3) is 0.462. The Bertz CT molecular complexity index is 633. The van der Waals surface area contributed by atoms with Crippen LogP contribution in [0.5, 0.6) is 0 Å². The van der Waals surface area contributed by atoms with Gasteiger partial charge in [0.05, 0.1) is 23.2 Å². The number of nitrogens with zero attached hydrogens (tertiary/aromatic N) is 1. The molecule has 0 amide bonds. The van der Waals surface area contributed by atoms with Crippen molar-refractivity contribution in [3.05, 3.63) is 27.4 Å². The van der Waals surface area contributed by atoms with Crippen molar-refractivity contribution < 1.29 is 5.11 Å². The zero-order chi connectivity index (χ0) is 12.7. The number of fused-ring (bicyclic) bond motifs is 1. The van der Waals surface area contributed by atoms with E-state index in [-0.39, 0.29) is 12.1 Å². The molecule has 1 aromatic carbocycles. The van der Waals surface area contributed by atoms with Crippen LogP contribution < -0.4 is 0 Å². The van der Waals surface area contributed by atoms with Gasteiger partial charge < -0.3 is 14.7 Å². The molecule has 0 radical (unpaired) electrons. The SMILES string of the molecule is OC1CCCCC1n1c(=S)[nH]c2cc(Br)ccc21. The normalized spacial score (nSPS) is 24.6. The molecule has 0 aliphatic heterocycles. The molecule has 2 N–H and O–H groups in total. The zero-order valence-corrected chi connectivity index (χ0v) is 12.3. The fourth-order valence-electron chi connectivity index (χ4n) is 2.83. The lowest BCUT2D eigenvalue weighted by atomic mass is 9.92. The smallest absolute Gasteiger partial charge is 0.178 e. The lowest BCUT2D eigenvalue weighted by Crippen LogP contribution is -2.27. The van der Waals surface area contributed by atoms with Gasteiger partial charge >= 0.3 is 0 Å². The van der Waals surface area contributed by atoms with E-state index in [2.05, 4.69) is 25.5 Å². The highest BCUT2D eigenvalue weighted by Gasteiger charge is 2.26. The molecule has 2 aromatic rings. The first-order chi connectivity index (χ1) is 8.66. The molecule has 96 valence electrons. The van der Waals surface area contributed by atoms with Crippen molar-refractivity contribution in [2.45, 2.75) is 37.8 Å². The molecule has 3 nitrogen and oxygen atoms in total. The maximum Gasteiger partial charge on any atom is 0.178 e. The molecule has 18 heavy (non-hydrogen) atoms. The highest BCUT2D eigenvalue weighted by molar-refractivity contribution is 9.10. The van der Waals surface area contributed by atoms with Crippen LogP contribution in [-0.4, -0.2) is 20.8 Å². The number of aromatic amines is 1. The molecule has 0 bridgehead atoms. The van der Waals surface area contributed by atoms with E-state index < -0.39 is 0 Å².